The van der Waals surface area contributed by atoms with Crippen molar-refractivity contribution in [1.29, 1.82) is 0 Å². The summed E-state index contributed by atoms with van der Waals surface area (Å²) < 4.78 is 79.1. The molecule has 0 unspecified atom stereocenters. The van der Waals surface area contributed by atoms with Gasteiger partial charge in [-0.15, -0.1) is 0 Å². The molecule has 1 aromatic rings. The molecule has 1 fully saturated rings. The first-order chi connectivity index (χ1) is 19.1. The number of carbonyl (C=O) groups excluding carboxylic acids is 3. The van der Waals surface area contributed by atoms with E-state index in [2.05, 4.69) is 0 Å². The first-order valence-corrected chi connectivity index (χ1v) is 13.7. The highest BCUT2D eigenvalue weighted by molar-refractivity contribution is 6.05. The number of benzene rings is 1. The van der Waals surface area contributed by atoms with Crippen molar-refractivity contribution in [2.24, 2.45) is 5.92 Å². The molecule has 230 valence electrons. The van der Waals surface area contributed by atoms with Gasteiger partial charge in [-0.25, -0.2) is 0 Å². The maximum atomic E-state index is 14.4. The van der Waals surface area contributed by atoms with Crippen molar-refractivity contribution in [3.63, 3.8) is 0 Å². The van der Waals surface area contributed by atoms with Gasteiger partial charge in [-0.05, 0) is 77.8 Å². The minimum atomic E-state index is -4.91. The highest BCUT2D eigenvalue weighted by Gasteiger charge is 2.45. The minimum absolute atomic E-state index is 0.107. The maximum Gasteiger partial charge on any atom is 0.417 e. The molecule has 3 amide bonds. The van der Waals surface area contributed by atoms with Crippen molar-refractivity contribution in [1.82, 2.24) is 10.2 Å². The number of methoxy groups -OCH3 is 1. The van der Waals surface area contributed by atoms with Crippen LogP contribution in [0.5, 0.6) is 5.75 Å². The smallest absolute Gasteiger partial charge is 0.417 e. The molecular formula is C28H38F5N3O5. The molecule has 0 spiro atoms. The van der Waals surface area contributed by atoms with E-state index in [9.17, 15) is 36.3 Å². The predicted molar refractivity (Wildman–Crippen MR) is 141 cm³/mol. The topological polar surface area (TPSA) is 88.2 Å². The first-order valence-electron chi connectivity index (χ1n) is 13.7. The fraction of sp³-hybridized carbons (Fsp3) is 0.679. The number of amides is 3. The number of hydrogen-bond donors (Lipinski definition) is 1. The van der Waals surface area contributed by atoms with E-state index in [1.165, 1.54) is 18.7 Å². The monoisotopic (exact) mass is 591 g/mol. The molecule has 0 radical (unpaired) electrons. The molecule has 0 saturated heterocycles. The van der Waals surface area contributed by atoms with Gasteiger partial charge < -0.3 is 24.6 Å². The Morgan fingerprint density at radius 2 is 1.80 bits per heavy atom. The van der Waals surface area contributed by atoms with Crippen LogP contribution in [-0.2, 0) is 20.5 Å². The van der Waals surface area contributed by atoms with Crippen LogP contribution in [0.15, 0.2) is 12.1 Å². The lowest BCUT2D eigenvalue weighted by atomic mass is 9.83. The molecule has 0 atom stereocenters. The SMILES string of the molecule is COCC[C@H]1CC[C@H](N(C(=O)c2cc3c(cc2C(F)(F)F)OC(C)(C)C(=O)N3CCNC(=O)C(F)F)C(C)C)CC1. The van der Waals surface area contributed by atoms with Crippen LogP contribution in [0.25, 0.3) is 0 Å². The van der Waals surface area contributed by atoms with E-state index in [1.54, 1.807) is 21.0 Å². The summed E-state index contributed by atoms with van der Waals surface area (Å²) in [6.45, 7) is 6.11. The first kappa shape index (κ1) is 32.6. The summed E-state index contributed by atoms with van der Waals surface area (Å²) >= 11 is 0. The van der Waals surface area contributed by atoms with Crippen molar-refractivity contribution >= 4 is 23.4 Å². The maximum absolute atomic E-state index is 14.4. The quantitative estimate of drug-likeness (QED) is 0.386. The molecule has 2 aliphatic rings. The molecule has 0 aromatic heterocycles. The third kappa shape index (κ3) is 7.47. The minimum Gasteiger partial charge on any atom is -0.476 e. The van der Waals surface area contributed by atoms with E-state index in [0.717, 1.165) is 30.2 Å². The van der Waals surface area contributed by atoms with Gasteiger partial charge in [0.05, 0.1) is 16.8 Å². The highest BCUT2D eigenvalue weighted by Crippen LogP contribution is 2.44. The summed E-state index contributed by atoms with van der Waals surface area (Å²) in [5.74, 6) is -2.90. The lowest BCUT2D eigenvalue weighted by molar-refractivity contribution is -0.138. The predicted octanol–water partition coefficient (Wildman–Crippen LogP) is 5.04. The van der Waals surface area contributed by atoms with Crippen LogP contribution in [0.4, 0.5) is 27.6 Å². The second-order valence-corrected chi connectivity index (χ2v) is 11.3. The molecular weight excluding hydrogens is 553 g/mol. The Morgan fingerprint density at radius 3 is 2.34 bits per heavy atom. The molecule has 1 aromatic carbocycles. The van der Waals surface area contributed by atoms with Crippen LogP contribution in [0.3, 0.4) is 0 Å². The van der Waals surface area contributed by atoms with Gasteiger partial charge in [-0.2, -0.15) is 22.0 Å². The van der Waals surface area contributed by atoms with Gasteiger partial charge in [0.15, 0.2) is 5.60 Å². The molecule has 0 bridgehead atoms. The number of nitrogens with zero attached hydrogens (tertiary/aromatic N) is 2. The van der Waals surface area contributed by atoms with Gasteiger partial charge >= 0.3 is 12.6 Å². The van der Waals surface area contributed by atoms with E-state index < -0.39 is 53.1 Å². The van der Waals surface area contributed by atoms with Gasteiger partial charge in [0.25, 0.3) is 17.7 Å². The highest BCUT2D eigenvalue weighted by atomic mass is 19.4. The van der Waals surface area contributed by atoms with Crippen molar-refractivity contribution < 1.29 is 45.8 Å². The second-order valence-electron chi connectivity index (χ2n) is 11.3. The van der Waals surface area contributed by atoms with Crippen LogP contribution < -0.4 is 15.0 Å². The average Bonchev–Trinajstić information content (AvgIpc) is 2.88. The lowest BCUT2D eigenvalue weighted by Gasteiger charge is -2.41. The molecule has 1 N–H and O–H groups in total. The van der Waals surface area contributed by atoms with Gasteiger partial charge in [0, 0.05) is 38.9 Å². The number of anilines is 1. The summed E-state index contributed by atoms with van der Waals surface area (Å²) in [5, 5.41) is 1.99. The standard InChI is InChI=1S/C28H38F5N3O5/c1-16(2)36(18-8-6-17(7-9-18)10-13-40-5)25(38)19-14-21-22(15-20(19)28(31,32)33)41-27(3,4)26(39)35(21)12-11-34-24(37)23(29)30/h14-18,23H,6-13H2,1-5H3,(H,34,37)/t17-,18-. The third-order valence-electron chi connectivity index (χ3n) is 7.61. The molecule has 8 nitrogen and oxygen atoms in total. The van der Waals surface area contributed by atoms with Crippen LogP contribution in [0.2, 0.25) is 0 Å². The number of nitrogens with one attached hydrogen (secondary N) is 1. The molecule has 41 heavy (non-hydrogen) atoms. The Balaban J connectivity index is 2.01. The summed E-state index contributed by atoms with van der Waals surface area (Å²) in [5.41, 5.74) is -3.52. The fourth-order valence-electron chi connectivity index (χ4n) is 5.57. The normalized spacial score (nSPS) is 20.6. The second kappa shape index (κ2) is 12.9. The number of halogens is 5. The molecule has 1 heterocycles. The number of hydrogen-bond acceptors (Lipinski definition) is 5. The lowest BCUT2D eigenvalue weighted by Crippen LogP contribution is -2.54. The Labute approximate surface area is 236 Å². The van der Waals surface area contributed by atoms with Gasteiger partial charge in [0.2, 0.25) is 0 Å². The zero-order valence-corrected chi connectivity index (χ0v) is 23.9. The molecule has 1 aliphatic carbocycles. The number of fused-ring (bicyclic) bond motifs is 1. The van der Waals surface area contributed by atoms with Crippen LogP contribution in [0, 0.1) is 5.92 Å². The summed E-state index contributed by atoms with van der Waals surface area (Å²) in [6, 6.07) is 1.03. The van der Waals surface area contributed by atoms with Crippen LogP contribution in [-0.4, -0.2) is 73.5 Å². The Kier molecular flexibility index (Phi) is 10.3. The molecule has 1 saturated carbocycles. The average molecular weight is 592 g/mol. The zero-order chi connectivity index (χ0) is 30.7. The van der Waals surface area contributed by atoms with E-state index >= 15 is 0 Å². The van der Waals surface area contributed by atoms with Crippen LogP contribution in [0.1, 0.15) is 75.7 Å². The van der Waals surface area contributed by atoms with Crippen molar-refractivity contribution in [3.05, 3.63) is 23.3 Å². The van der Waals surface area contributed by atoms with Crippen LogP contribution >= 0.6 is 0 Å². The number of carbonyl (C=O) groups is 3. The third-order valence-corrected chi connectivity index (χ3v) is 7.61. The largest absolute Gasteiger partial charge is 0.476 e. The van der Waals surface area contributed by atoms with E-state index in [1.807, 2.05) is 5.32 Å². The fourth-order valence-corrected chi connectivity index (χ4v) is 5.57. The van der Waals surface area contributed by atoms with Crippen molar-refractivity contribution in [2.75, 3.05) is 31.7 Å². The Hall–Kier alpha value is -2.96. The summed E-state index contributed by atoms with van der Waals surface area (Å²) in [4.78, 5) is 41.0. The number of rotatable bonds is 10. The van der Waals surface area contributed by atoms with Gasteiger partial charge in [-0.3, -0.25) is 14.4 Å². The van der Waals surface area contributed by atoms with Gasteiger partial charge in [0.1, 0.15) is 5.75 Å². The zero-order valence-electron chi connectivity index (χ0n) is 23.9. The molecule has 13 heteroatoms. The Morgan fingerprint density at radius 1 is 1.17 bits per heavy atom. The molecule has 1 aliphatic heterocycles. The van der Waals surface area contributed by atoms with Crippen molar-refractivity contribution in [3.8, 4) is 5.75 Å². The molecule has 3 rings (SSSR count). The van der Waals surface area contributed by atoms with E-state index in [0.29, 0.717) is 31.4 Å². The van der Waals surface area contributed by atoms with E-state index in [-0.39, 0.29) is 30.6 Å². The Bertz CT molecular complexity index is 1120. The van der Waals surface area contributed by atoms with E-state index in [4.69, 9.17) is 9.47 Å². The number of ether oxygens (including phenoxy) is 2. The summed E-state index contributed by atoms with van der Waals surface area (Å²) in [7, 11) is 1.63. The summed E-state index contributed by atoms with van der Waals surface area (Å²) in [6.07, 6.45) is -4.40. The van der Waals surface area contributed by atoms with Crippen molar-refractivity contribution in [2.45, 2.75) is 90.1 Å². The number of alkyl halides is 5. The van der Waals surface area contributed by atoms with Gasteiger partial charge in [-0.1, -0.05) is 0 Å².